The lowest BCUT2D eigenvalue weighted by atomic mass is 10.1. The number of amidine groups is 2. The van der Waals surface area contributed by atoms with Crippen LogP contribution in [0.1, 0.15) is 36.0 Å². The summed E-state index contributed by atoms with van der Waals surface area (Å²) in [6.45, 7) is 4.33. The van der Waals surface area contributed by atoms with Crippen molar-refractivity contribution < 1.29 is 9.59 Å². The van der Waals surface area contributed by atoms with Crippen molar-refractivity contribution in [3.05, 3.63) is 77.0 Å². The second-order valence-electron chi connectivity index (χ2n) is 9.50. The minimum atomic E-state index is -0.471. The van der Waals surface area contributed by atoms with Gasteiger partial charge in [-0.05, 0) is 49.2 Å². The molecule has 6 rings (SSSR count). The molecule has 0 aliphatic carbocycles. The Morgan fingerprint density at radius 1 is 1.14 bits per heavy atom. The van der Waals surface area contributed by atoms with E-state index in [4.69, 9.17) is 5.41 Å². The quantitative estimate of drug-likeness (QED) is 0.507. The van der Waals surface area contributed by atoms with E-state index in [-0.39, 0.29) is 23.7 Å². The third kappa shape index (κ3) is 4.51. The molecule has 4 heterocycles. The van der Waals surface area contributed by atoms with E-state index in [2.05, 4.69) is 51.9 Å². The topological polar surface area (TPSA) is 94.1 Å². The van der Waals surface area contributed by atoms with Crippen LogP contribution in [0.25, 0.3) is 17.0 Å². The average molecular weight is 511 g/mol. The van der Waals surface area contributed by atoms with Crippen LogP contribution in [0.15, 0.2) is 70.4 Å². The summed E-state index contributed by atoms with van der Waals surface area (Å²) in [4.78, 5) is 31.6. The molecule has 3 aliphatic rings. The average Bonchev–Trinajstić information content (AvgIpc) is 3.62. The number of benzene rings is 2. The Morgan fingerprint density at radius 2 is 1.95 bits per heavy atom. The lowest BCUT2D eigenvalue weighted by molar-refractivity contribution is -0.128. The third-order valence-electron chi connectivity index (χ3n) is 6.81. The van der Waals surface area contributed by atoms with Crippen molar-refractivity contribution in [2.75, 3.05) is 13.1 Å². The molecule has 0 radical (unpaired) electrons. The van der Waals surface area contributed by atoms with Gasteiger partial charge in [0.1, 0.15) is 5.04 Å². The van der Waals surface area contributed by atoms with Crippen molar-refractivity contribution in [3.63, 3.8) is 0 Å². The van der Waals surface area contributed by atoms with Crippen LogP contribution < -0.4 is 0 Å². The Bertz CT molecular complexity index is 1540. The number of likely N-dealkylation sites (tertiary alicyclic amines) is 1. The van der Waals surface area contributed by atoms with Gasteiger partial charge in [-0.3, -0.25) is 15.0 Å². The van der Waals surface area contributed by atoms with Gasteiger partial charge in [-0.25, -0.2) is 0 Å². The van der Waals surface area contributed by atoms with E-state index < -0.39 is 5.91 Å². The first-order valence-electron chi connectivity index (χ1n) is 12.4. The number of carbonyl (C=O) groups is 2. The smallest absolute Gasteiger partial charge is 0.283 e. The number of nitrogens with zero attached hydrogens (tertiary/aromatic N) is 5. The van der Waals surface area contributed by atoms with Gasteiger partial charge >= 0.3 is 0 Å². The minimum absolute atomic E-state index is 0.0263. The number of hydrogen-bond donors (Lipinski definition) is 1. The summed E-state index contributed by atoms with van der Waals surface area (Å²) in [5.41, 5.74) is 4.47. The number of aliphatic imine (C=N–C) groups is 1. The summed E-state index contributed by atoms with van der Waals surface area (Å²) >= 11 is 1.19. The first kappa shape index (κ1) is 23.4. The zero-order valence-corrected chi connectivity index (χ0v) is 21.3. The first-order chi connectivity index (χ1) is 18.0. The molecule has 9 heteroatoms. The molecule has 8 nitrogen and oxygen atoms in total. The molecule has 37 heavy (non-hydrogen) atoms. The first-order valence-corrected chi connectivity index (χ1v) is 13.2. The molecule has 3 aliphatic heterocycles. The number of amides is 2. The molecule has 0 unspecified atom stereocenters. The summed E-state index contributed by atoms with van der Waals surface area (Å²) in [6.07, 6.45) is 5.96. The fourth-order valence-electron chi connectivity index (χ4n) is 4.99. The molecule has 1 aromatic heterocycles. The monoisotopic (exact) mass is 510 g/mol. The Labute approximate surface area is 218 Å². The van der Waals surface area contributed by atoms with E-state index in [1.54, 1.807) is 6.08 Å². The molecular weight excluding hydrogens is 484 g/mol. The van der Waals surface area contributed by atoms with Crippen molar-refractivity contribution in [1.82, 2.24) is 14.5 Å². The van der Waals surface area contributed by atoms with Crippen molar-refractivity contribution in [1.29, 1.82) is 5.41 Å². The third-order valence-corrected chi connectivity index (χ3v) is 7.72. The summed E-state index contributed by atoms with van der Waals surface area (Å²) in [5.74, 6) is -0.470. The molecule has 2 aromatic carbocycles. The summed E-state index contributed by atoms with van der Waals surface area (Å²) in [5, 5.41) is 16.5. The van der Waals surface area contributed by atoms with E-state index in [0.29, 0.717) is 16.8 Å². The van der Waals surface area contributed by atoms with E-state index in [9.17, 15) is 9.59 Å². The fourth-order valence-corrected chi connectivity index (χ4v) is 5.87. The predicted molar refractivity (Wildman–Crippen MR) is 148 cm³/mol. The number of hydrazone groups is 1. The maximum absolute atomic E-state index is 13.0. The number of thioether (sulfide) groups is 1. The number of rotatable bonds is 5. The lowest BCUT2D eigenvalue weighted by Crippen LogP contribution is -2.35. The Kier molecular flexibility index (Phi) is 6.00. The molecule has 3 aromatic rings. The minimum Gasteiger partial charge on any atom is -0.342 e. The van der Waals surface area contributed by atoms with Crippen molar-refractivity contribution in [2.24, 2.45) is 10.1 Å². The zero-order valence-electron chi connectivity index (χ0n) is 20.5. The number of para-hydroxylation sites is 1. The molecule has 1 saturated heterocycles. The Morgan fingerprint density at radius 3 is 2.76 bits per heavy atom. The van der Waals surface area contributed by atoms with Crippen LogP contribution in [0.5, 0.6) is 0 Å². The van der Waals surface area contributed by atoms with E-state index >= 15 is 0 Å². The standard InChI is InChI=1S/C28H26N6O2S/c1-18-7-6-8-19(13-18)16-33-17-20(21-9-2-3-10-23(21)33)14-22-26(29)34-28(30-27(22)36)37-24(31-34)15-25(35)32-11-4-5-12-32/h2-3,6-10,13-14,17,29H,4-5,11-12,15-16H2,1H3/b22-14-,29-26?. The molecule has 0 bridgehead atoms. The highest BCUT2D eigenvalue weighted by Crippen LogP contribution is 2.31. The van der Waals surface area contributed by atoms with E-state index in [1.807, 2.05) is 29.3 Å². The number of carbonyl (C=O) groups excluding carboxylic acids is 2. The number of aryl methyl sites for hydroxylation is 1. The van der Waals surface area contributed by atoms with Crippen molar-refractivity contribution in [3.8, 4) is 0 Å². The molecule has 0 spiro atoms. The second-order valence-corrected chi connectivity index (χ2v) is 10.5. The highest BCUT2D eigenvalue weighted by Gasteiger charge is 2.36. The maximum Gasteiger partial charge on any atom is 0.283 e. The van der Waals surface area contributed by atoms with Crippen LogP contribution >= 0.6 is 11.8 Å². The van der Waals surface area contributed by atoms with Gasteiger partial charge in [0.15, 0.2) is 5.84 Å². The van der Waals surface area contributed by atoms with Crippen LogP contribution in [0.4, 0.5) is 0 Å². The van der Waals surface area contributed by atoms with Gasteiger partial charge in [0.2, 0.25) is 11.1 Å². The molecule has 2 amide bonds. The number of aromatic nitrogens is 1. The molecule has 186 valence electrons. The highest BCUT2D eigenvalue weighted by atomic mass is 32.2. The van der Waals surface area contributed by atoms with Crippen molar-refractivity contribution in [2.45, 2.75) is 32.7 Å². The number of nitrogens with one attached hydrogen (secondary N) is 1. The second kappa shape index (κ2) is 9.48. The van der Waals surface area contributed by atoms with Crippen molar-refractivity contribution >= 4 is 56.6 Å². The predicted octanol–water partition coefficient (Wildman–Crippen LogP) is 4.63. The SMILES string of the molecule is Cc1cccc(Cn2cc(/C=C3/C(=N)N4N=C(CC(=O)N5CCCC5)SC4=NC3=O)c3ccccc32)c1. The van der Waals surface area contributed by atoms with Gasteiger partial charge in [0.25, 0.3) is 5.91 Å². The molecule has 1 fully saturated rings. The Balaban J connectivity index is 1.29. The largest absolute Gasteiger partial charge is 0.342 e. The van der Waals surface area contributed by atoms with Crippen LogP contribution in [0.2, 0.25) is 0 Å². The number of hydrogen-bond acceptors (Lipinski definition) is 5. The molecule has 1 N–H and O–H groups in total. The van der Waals surface area contributed by atoms with Crippen LogP contribution in [-0.4, -0.2) is 55.4 Å². The fraction of sp³-hybridized carbons (Fsp3) is 0.250. The van der Waals surface area contributed by atoms with Gasteiger partial charge in [0, 0.05) is 42.3 Å². The van der Waals surface area contributed by atoms with E-state index in [0.717, 1.165) is 42.4 Å². The van der Waals surface area contributed by atoms with Crippen LogP contribution in [0, 0.1) is 12.3 Å². The summed E-state index contributed by atoms with van der Waals surface area (Å²) in [6, 6.07) is 16.4. The summed E-state index contributed by atoms with van der Waals surface area (Å²) < 4.78 is 2.16. The highest BCUT2D eigenvalue weighted by molar-refractivity contribution is 8.27. The van der Waals surface area contributed by atoms with Gasteiger partial charge in [-0.15, -0.1) is 0 Å². The van der Waals surface area contributed by atoms with Gasteiger partial charge in [0.05, 0.1) is 12.0 Å². The van der Waals surface area contributed by atoms with Gasteiger partial charge < -0.3 is 9.47 Å². The van der Waals surface area contributed by atoms with E-state index in [1.165, 1.54) is 27.9 Å². The summed E-state index contributed by atoms with van der Waals surface area (Å²) in [7, 11) is 0. The number of fused-ring (bicyclic) bond motifs is 2. The lowest BCUT2D eigenvalue weighted by Gasteiger charge is -2.20. The maximum atomic E-state index is 13.0. The zero-order chi connectivity index (χ0) is 25.5. The van der Waals surface area contributed by atoms with Gasteiger partial charge in [-0.1, -0.05) is 48.0 Å². The van der Waals surface area contributed by atoms with Gasteiger partial charge in [-0.2, -0.15) is 15.1 Å². The van der Waals surface area contributed by atoms with Crippen LogP contribution in [0.3, 0.4) is 0 Å². The molecule has 0 saturated carbocycles. The molecule has 0 atom stereocenters. The van der Waals surface area contributed by atoms with Crippen LogP contribution in [-0.2, 0) is 16.1 Å². The normalized spacial score (nSPS) is 18.6. The Hall–Kier alpha value is -3.98. The molecular formula is C28H26N6O2S.